The first-order valence-corrected chi connectivity index (χ1v) is 11.1. The van der Waals surface area contributed by atoms with E-state index in [1.54, 1.807) is 6.07 Å². The highest BCUT2D eigenvalue weighted by atomic mass is 32.2. The van der Waals surface area contributed by atoms with Crippen LogP contribution in [0.4, 0.5) is 0 Å². The minimum Gasteiger partial charge on any atom is -0.460 e. The van der Waals surface area contributed by atoms with Crippen LogP contribution in [0.25, 0.3) is 0 Å². The number of aryl methyl sites for hydroxylation is 1. The van der Waals surface area contributed by atoms with Crippen LogP contribution >= 0.6 is 0 Å². The van der Waals surface area contributed by atoms with Gasteiger partial charge < -0.3 is 4.42 Å². The Morgan fingerprint density at radius 1 is 0.966 bits per heavy atom. The summed E-state index contributed by atoms with van der Waals surface area (Å²) >= 11 is 0. The van der Waals surface area contributed by atoms with Crippen molar-refractivity contribution in [1.82, 2.24) is 0 Å². The van der Waals surface area contributed by atoms with Gasteiger partial charge in [0.2, 0.25) is 5.78 Å². The maximum atomic E-state index is 13.6. The van der Waals surface area contributed by atoms with Crippen LogP contribution in [-0.2, 0) is 10.8 Å². The van der Waals surface area contributed by atoms with Crippen molar-refractivity contribution < 1.29 is 13.4 Å². The second kappa shape index (κ2) is 7.27. The second-order valence-corrected chi connectivity index (χ2v) is 9.42. The lowest BCUT2D eigenvalue weighted by molar-refractivity contribution is 0.0853. The molecule has 1 fully saturated rings. The molecule has 2 bridgehead atoms. The van der Waals surface area contributed by atoms with Crippen molar-refractivity contribution in [2.24, 2.45) is 17.8 Å². The van der Waals surface area contributed by atoms with E-state index >= 15 is 0 Å². The number of hydrogen-bond acceptors (Lipinski definition) is 3. The summed E-state index contributed by atoms with van der Waals surface area (Å²) in [6.45, 7) is 1.99. The second-order valence-electron chi connectivity index (χ2n) is 7.97. The normalized spacial score (nSPS) is 26.0. The first-order valence-electron chi connectivity index (χ1n) is 9.97. The van der Waals surface area contributed by atoms with E-state index in [0.717, 1.165) is 12.0 Å². The molecule has 3 aromatic rings. The number of benzene rings is 2. The summed E-state index contributed by atoms with van der Waals surface area (Å²) in [6, 6.07) is 19.5. The largest absolute Gasteiger partial charge is 0.460 e. The average Bonchev–Trinajstić information content (AvgIpc) is 3.49. The first-order chi connectivity index (χ1) is 14.1. The molecule has 2 aromatic carbocycles. The molecule has 29 heavy (non-hydrogen) atoms. The summed E-state index contributed by atoms with van der Waals surface area (Å²) < 4.78 is 18.8. The Morgan fingerprint density at radius 3 is 2.45 bits per heavy atom. The zero-order valence-electron chi connectivity index (χ0n) is 16.2. The van der Waals surface area contributed by atoms with E-state index < -0.39 is 10.8 Å². The summed E-state index contributed by atoms with van der Waals surface area (Å²) in [5.74, 6) is 0.768. The molecule has 146 valence electrons. The third-order valence-electron chi connectivity index (χ3n) is 6.23. The molecule has 1 heterocycles. The van der Waals surface area contributed by atoms with E-state index in [1.165, 1.54) is 11.8 Å². The molecule has 0 amide bonds. The predicted octanol–water partition coefficient (Wildman–Crippen LogP) is 5.54. The molecule has 0 spiro atoms. The topological polar surface area (TPSA) is 47.3 Å². The fourth-order valence-corrected chi connectivity index (χ4v) is 6.01. The van der Waals surface area contributed by atoms with E-state index in [-0.39, 0.29) is 29.3 Å². The van der Waals surface area contributed by atoms with Crippen molar-refractivity contribution >= 4 is 16.6 Å². The molecule has 4 heteroatoms. The lowest BCUT2D eigenvalue weighted by Gasteiger charge is -2.27. The smallest absolute Gasteiger partial charge is 0.203 e. The first kappa shape index (κ1) is 18.3. The van der Waals surface area contributed by atoms with Crippen molar-refractivity contribution in [2.45, 2.75) is 29.1 Å². The number of furan rings is 1. The third kappa shape index (κ3) is 3.12. The van der Waals surface area contributed by atoms with Gasteiger partial charge in [-0.3, -0.25) is 4.79 Å². The number of fused-ring (bicyclic) bond motifs is 2. The molecule has 0 unspecified atom stereocenters. The molecule has 1 aromatic heterocycles. The van der Waals surface area contributed by atoms with E-state index in [9.17, 15) is 9.00 Å². The minimum absolute atomic E-state index is 0.0313. The summed E-state index contributed by atoms with van der Waals surface area (Å²) in [4.78, 5) is 14.8. The van der Waals surface area contributed by atoms with Crippen molar-refractivity contribution in [1.29, 1.82) is 0 Å². The van der Waals surface area contributed by atoms with Crippen LogP contribution in [0.15, 0.2) is 93.3 Å². The number of hydrogen-bond donors (Lipinski definition) is 0. The highest BCUT2D eigenvalue weighted by Crippen LogP contribution is 2.54. The summed E-state index contributed by atoms with van der Waals surface area (Å²) in [5.41, 5.74) is 2.30. The molecule has 0 N–H and O–H groups in total. The van der Waals surface area contributed by atoms with Gasteiger partial charge in [-0.1, -0.05) is 60.2 Å². The van der Waals surface area contributed by atoms with Crippen LogP contribution in [0.3, 0.4) is 0 Å². The Kier molecular flexibility index (Phi) is 4.59. The van der Waals surface area contributed by atoms with E-state index in [0.29, 0.717) is 15.7 Å². The number of Topliss-reactive ketones (excluding diaryl/α,β-unsaturated/α-hetero) is 1. The summed E-state index contributed by atoms with van der Waals surface area (Å²) in [6.07, 6.45) is 6.90. The van der Waals surface area contributed by atoms with Crippen LogP contribution in [0.1, 0.15) is 34.0 Å². The van der Waals surface area contributed by atoms with Crippen LogP contribution in [0, 0.1) is 24.7 Å². The molecular formula is C25H22O3S. The van der Waals surface area contributed by atoms with Gasteiger partial charge in [0.15, 0.2) is 5.76 Å². The zero-order chi connectivity index (χ0) is 20.0. The van der Waals surface area contributed by atoms with E-state index in [1.807, 2.05) is 49.4 Å². The molecule has 5 rings (SSSR count). The van der Waals surface area contributed by atoms with Gasteiger partial charge in [0.1, 0.15) is 0 Å². The lowest BCUT2D eigenvalue weighted by atomic mass is 9.76. The van der Waals surface area contributed by atoms with Crippen LogP contribution in [0.2, 0.25) is 0 Å². The SMILES string of the molecule is Cc1ccc([S@](=O)c2ccoc2C(=O)[C@@H]2[C@@H](c3ccccc3)[C@@H]3C=C[C@H]2C3)cc1. The van der Waals surface area contributed by atoms with Gasteiger partial charge in [0.25, 0.3) is 0 Å². The Bertz CT molecular complexity index is 1090. The molecule has 2 aliphatic rings. The molecule has 3 nitrogen and oxygen atoms in total. The highest BCUT2D eigenvalue weighted by molar-refractivity contribution is 7.85. The van der Waals surface area contributed by atoms with Gasteiger partial charge in [-0.05, 0) is 48.9 Å². The maximum Gasteiger partial charge on any atom is 0.203 e. The predicted molar refractivity (Wildman–Crippen MR) is 112 cm³/mol. The Morgan fingerprint density at radius 2 is 1.69 bits per heavy atom. The fraction of sp³-hybridized carbons (Fsp3) is 0.240. The number of carbonyl (C=O) groups is 1. The van der Waals surface area contributed by atoms with Gasteiger partial charge in [-0.2, -0.15) is 0 Å². The quantitative estimate of drug-likeness (QED) is 0.416. The molecule has 0 radical (unpaired) electrons. The average molecular weight is 403 g/mol. The molecule has 0 saturated heterocycles. The fourth-order valence-electron chi connectivity index (χ4n) is 4.87. The molecular weight excluding hydrogens is 380 g/mol. The van der Waals surface area contributed by atoms with Crippen molar-refractivity contribution in [3.05, 3.63) is 96.0 Å². The Balaban J connectivity index is 1.50. The summed E-state index contributed by atoms with van der Waals surface area (Å²) in [7, 11) is -1.45. The maximum absolute atomic E-state index is 13.6. The van der Waals surface area contributed by atoms with Gasteiger partial charge >= 0.3 is 0 Å². The van der Waals surface area contributed by atoms with Crippen LogP contribution in [0.5, 0.6) is 0 Å². The monoisotopic (exact) mass is 402 g/mol. The van der Waals surface area contributed by atoms with E-state index in [2.05, 4.69) is 24.3 Å². The lowest BCUT2D eigenvalue weighted by Crippen LogP contribution is -2.26. The Labute approximate surface area is 172 Å². The van der Waals surface area contributed by atoms with Gasteiger partial charge in [0.05, 0.1) is 22.0 Å². The van der Waals surface area contributed by atoms with Crippen molar-refractivity contribution in [3.63, 3.8) is 0 Å². The van der Waals surface area contributed by atoms with Gasteiger partial charge in [0, 0.05) is 16.7 Å². The third-order valence-corrected chi connectivity index (χ3v) is 7.66. The van der Waals surface area contributed by atoms with Crippen molar-refractivity contribution in [2.75, 3.05) is 0 Å². The highest BCUT2D eigenvalue weighted by Gasteiger charge is 2.49. The number of allylic oxidation sites excluding steroid dienone is 2. The van der Waals surface area contributed by atoms with Crippen LogP contribution in [-0.4, -0.2) is 9.99 Å². The van der Waals surface area contributed by atoms with Crippen molar-refractivity contribution in [3.8, 4) is 0 Å². The number of carbonyl (C=O) groups excluding carboxylic acids is 1. The number of rotatable bonds is 5. The van der Waals surface area contributed by atoms with Crippen LogP contribution < -0.4 is 0 Å². The summed E-state index contributed by atoms with van der Waals surface area (Å²) in [5, 5.41) is 0. The van der Waals surface area contributed by atoms with Gasteiger partial charge in [-0.25, -0.2) is 4.21 Å². The number of ketones is 1. The Hall–Kier alpha value is -2.72. The van der Waals surface area contributed by atoms with Gasteiger partial charge in [-0.15, -0.1) is 0 Å². The molecule has 1 saturated carbocycles. The molecule has 2 aliphatic carbocycles. The van der Waals surface area contributed by atoms with E-state index in [4.69, 9.17) is 4.42 Å². The molecule has 0 aliphatic heterocycles. The molecule has 5 atom stereocenters. The zero-order valence-corrected chi connectivity index (χ0v) is 17.0. The minimum atomic E-state index is -1.45. The standard InChI is InChI=1S/C25H22O3S/c1-16-7-11-20(12-8-16)29(27)21-13-14-28-25(21)24(26)23-19-10-9-18(15-19)22(23)17-5-3-2-4-6-17/h2-14,18-19,22-23H,15H2,1H3/t18-,19+,22+,23+,29+/m1/s1.